The minimum atomic E-state index is -0.0127. The van der Waals surface area contributed by atoms with Crippen LogP contribution in [0.3, 0.4) is 0 Å². The average Bonchev–Trinajstić information content (AvgIpc) is 2.53. The van der Waals surface area contributed by atoms with Gasteiger partial charge in [0, 0.05) is 11.4 Å². The predicted molar refractivity (Wildman–Crippen MR) is 76.1 cm³/mol. The van der Waals surface area contributed by atoms with Crippen molar-refractivity contribution >= 4 is 33.2 Å². The topological polar surface area (TPSA) is 42.0 Å². The second-order valence-electron chi connectivity index (χ2n) is 4.58. The van der Waals surface area contributed by atoms with Gasteiger partial charge in [0.2, 0.25) is 0 Å². The van der Waals surface area contributed by atoms with Crippen LogP contribution in [0.4, 0.5) is 0 Å². The number of nitrogens with one attached hydrogen (secondary N) is 1. The van der Waals surface area contributed by atoms with Gasteiger partial charge in [-0.15, -0.1) is 11.3 Å². The van der Waals surface area contributed by atoms with Gasteiger partial charge in [0.25, 0.3) is 5.91 Å². The molecular weight excluding hydrogens is 300 g/mol. The lowest BCUT2D eigenvalue weighted by atomic mass is 10.1. The van der Waals surface area contributed by atoms with E-state index in [1.165, 1.54) is 11.3 Å². The first kappa shape index (κ1) is 14.6. The molecule has 1 rings (SSSR count). The Labute approximate surface area is 115 Å². The summed E-state index contributed by atoms with van der Waals surface area (Å²) in [7, 11) is 0. The maximum atomic E-state index is 11.9. The molecule has 0 saturated carbocycles. The van der Waals surface area contributed by atoms with Crippen LogP contribution in [0.25, 0.3) is 0 Å². The Morgan fingerprint density at radius 2 is 2.12 bits per heavy atom. The number of rotatable bonds is 5. The number of nitrogens with zero attached hydrogens (tertiary/aromatic N) is 1. The molecule has 1 amide bonds. The van der Waals surface area contributed by atoms with Gasteiger partial charge in [0.05, 0.1) is 10.7 Å². The van der Waals surface area contributed by atoms with Crippen molar-refractivity contribution in [3.63, 3.8) is 0 Å². The number of alkyl halides is 1. The molecule has 0 spiro atoms. The Morgan fingerprint density at radius 3 is 2.59 bits per heavy atom. The fourth-order valence-corrected chi connectivity index (χ4v) is 3.37. The third-order valence-electron chi connectivity index (χ3n) is 2.32. The van der Waals surface area contributed by atoms with E-state index in [0.717, 1.165) is 22.0 Å². The molecule has 0 fully saturated rings. The van der Waals surface area contributed by atoms with Gasteiger partial charge >= 0.3 is 0 Å². The standard InChI is InChI=1S/C12H19BrN2OS/c1-7(2)5-10(13)6-14-12(16)11-8(3)15-9(4)17-11/h7,10H,5-6H2,1-4H3,(H,14,16). The van der Waals surface area contributed by atoms with Crippen LogP contribution in [0.5, 0.6) is 0 Å². The molecule has 0 aliphatic rings. The first-order valence-electron chi connectivity index (χ1n) is 5.76. The monoisotopic (exact) mass is 318 g/mol. The van der Waals surface area contributed by atoms with Crippen molar-refractivity contribution in [3.05, 3.63) is 15.6 Å². The molecule has 1 N–H and O–H groups in total. The quantitative estimate of drug-likeness (QED) is 0.846. The van der Waals surface area contributed by atoms with E-state index in [9.17, 15) is 4.79 Å². The van der Waals surface area contributed by atoms with E-state index in [4.69, 9.17) is 0 Å². The lowest BCUT2D eigenvalue weighted by molar-refractivity contribution is 0.0956. The number of carbonyl (C=O) groups excluding carboxylic acids is 1. The number of halogens is 1. The zero-order valence-electron chi connectivity index (χ0n) is 10.7. The van der Waals surface area contributed by atoms with E-state index >= 15 is 0 Å². The number of hydrogen-bond donors (Lipinski definition) is 1. The Hall–Kier alpha value is -0.420. The lowest BCUT2D eigenvalue weighted by Gasteiger charge is -2.12. The molecule has 1 heterocycles. The molecule has 3 nitrogen and oxygen atoms in total. The normalized spacial score (nSPS) is 12.8. The molecule has 0 aliphatic carbocycles. The van der Waals surface area contributed by atoms with Gasteiger partial charge < -0.3 is 5.32 Å². The number of hydrogen-bond acceptors (Lipinski definition) is 3. The SMILES string of the molecule is Cc1nc(C)c(C(=O)NCC(Br)CC(C)C)s1. The molecule has 5 heteroatoms. The first-order chi connectivity index (χ1) is 7.90. The number of aromatic nitrogens is 1. The van der Waals surface area contributed by atoms with Gasteiger partial charge in [-0.1, -0.05) is 29.8 Å². The number of carbonyl (C=O) groups is 1. The fourth-order valence-electron chi connectivity index (χ4n) is 1.62. The van der Waals surface area contributed by atoms with Crippen LogP contribution in [0.2, 0.25) is 0 Å². The molecule has 0 bridgehead atoms. The highest BCUT2D eigenvalue weighted by Gasteiger charge is 2.15. The zero-order chi connectivity index (χ0) is 13.0. The van der Waals surface area contributed by atoms with Crippen LogP contribution in [-0.2, 0) is 0 Å². The van der Waals surface area contributed by atoms with Crippen LogP contribution >= 0.6 is 27.3 Å². The van der Waals surface area contributed by atoms with Crippen molar-refractivity contribution in [3.8, 4) is 0 Å². The second-order valence-corrected chi connectivity index (χ2v) is 7.08. The van der Waals surface area contributed by atoms with Crippen molar-refractivity contribution in [1.29, 1.82) is 0 Å². The summed E-state index contributed by atoms with van der Waals surface area (Å²) in [6, 6.07) is 0. The molecule has 0 aliphatic heterocycles. The maximum absolute atomic E-state index is 11.9. The van der Waals surface area contributed by atoms with Crippen LogP contribution in [0.15, 0.2) is 0 Å². The zero-order valence-corrected chi connectivity index (χ0v) is 13.1. The Morgan fingerprint density at radius 1 is 1.47 bits per heavy atom. The summed E-state index contributed by atoms with van der Waals surface area (Å²) in [5.74, 6) is 0.616. The van der Waals surface area contributed by atoms with Crippen molar-refractivity contribution in [2.75, 3.05) is 6.54 Å². The van der Waals surface area contributed by atoms with E-state index in [2.05, 4.69) is 40.1 Å². The fraction of sp³-hybridized carbons (Fsp3) is 0.667. The maximum Gasteiger partial charge on any atom is 0.263 e. The molecule has 96 valence electrons. The molecule has 0 saturated heterocycles. The van der Waals surface area contributed by atoms with Gasteiger partial charge in [-0.3, -0.25) is 4.79 Å². The molecular formula is C12H19BrN2OS. The molecule has 0 aromatic carbocycles. The van der Waals surface area contributed by atoms with E-state index in [1.54, 1.807) is 0 Å². The Kier molecular flexibility index (Phi) is 5.59. The average molecular weight is 319 g/mol. The van der Waals surface area contributed by atoms with Gasteiger partial charge in [-0.05, 0) is 26.2 Å². The van der Waals surface area contributed by atoms with Gasteiger partial charge in [-0.25, -0.2) is 4.98 Å². The molecule has 0 radical (unpaired) electrons. The highest BCUT2D eigenvalue weighted by Crippen LogP contribution is 2.17. The van der Waals surface area contributed by atoms with Crippen molar-refractivity contribution in [2.24, 2.45) is 5.92 Å². The number of aryl methyl sites for hydroxylation is 2. The summed E-state index contributed by atoms with van der Waals surface area (Å²) in [5, 5.41) is 3.88. The summed E-state index contributed by atoms with van der Waals surface area (Å²) in [4.78, 5) is 17.2. The molecule has 1 aromatic rings. The van der Waals surface area contributed by atoms with E-state index < -0.39 is 0 Å². The molecule has 1 atom stereocenters. The van der Waals surface area contributed by atoms with Crippen molar-refractivity contribution in [2.45, 2.75) is 38.9 Å². The smallest absolute Gasteiger partial charge is 0.263 e. The minimum absolute atomic E-state index is 0.0127. The van der Waals surface area contributed by atoms with Crippen LogP contribution in [0, 0.1) is 19.8 Å². The van der Waals surface area contributed by atoms with E-state index in [1.807, 2.05) is 13.8 Å². The summed E-state index contributed by atoms with van der Waals surface area (Å²) >= 11 is 5.03. The summed E-state index contributed by atoms with van der Waals surface area (Å²) in [5.41, 5.74) is 0.819. The Bertz CT molecular complexity index is 390. The van der Waals surface area contributed by atoms with Crippen LogP contribution < -0.4 is 5.32 Å². The predicted octanol–water partition coefficient (Wildman–Crippen LogP) is 3.30. The highest BCUT2D eigenvalue weighted by molar-refractivity contribution is 9.09. The van der Waals surface area contributed by atoms with Crippen LogP contribution in [0.1, 0.15) is 40.6 Å². The Balaban J connectivity index is 2.47. The summed E-state index contributed by atoms with van der Waals surface area (Å²) in [6.07, 6.45) is 1.06. The summed E-state index contributed by atoms with van der Waals surface area (Å²) in [6.45, 7) is 8.80. The number of amides is 1. The number of thiazole rings is 1. The first-order valence-corrected chi connectivity index (χ1v) is 7.49. The van der Waals surface area contributed by atoms with Gasteiger partial charge in [-0.2, -0.15) is 0 Å². The third kappa shape index (κ3) is 4.76. The van der Waals surface area contributed by atoms with Gasteiger partial charge in [0.1, 0.15) is 4.88 Å². The van der Waals surface area contributed by atoms with E-state index in [0.29, 0.717) is 17.3 Å². The lowest BCUT2D eigenvalue weighted by Crippen LogP contribution is -2.30. The van der Waals surface area contributed by atoms with Crippen molar-refractivity contribution < 1.29 is 4.79 Å². The minimum Gasteiger partial charge on any atom is -0.350 e. The third-order valence-corrected chi connectivity index (χ3v) is 4.09. The van der Waals surface area contributed by atoms with Crippen molar-refractivity contribution in [1.82, 2.24) is 10.3 Å². The molecule has 17 heavy (non-hydrogen) atoms. The van der Waals surface area contributed by atoms with Crippen LogP contribution in [-0.4, -0.2) is 22.3 Å². The highest BCUT2D eigenvalue weighted by atomic mass is 79.9. The van der Waals surface area contributed by atoms with E-state index in [-0.39, 0.29) is 5.91 Å². The summed E-state index contributed by atoms with van der Waals surface area (Å²) < 4.78 is 0. The second kappa shape index (κ2) is 6.50. The largest absolute Gasteiger partial charge is 0.350 e. The molecule has 1 aromatic heterocycles. The van der Waals surface area contributed by atoms with Gasteiger partial charge in [0.15, 0.2) is 0 Å². The molecule has 1 unspecified atom stereocenters.